The monoisotopic (exact) mass is 250 g/mol. The molecule has 2 rings (SSSR count). The van der Waals surface area contributed by atoms with Gasteiger partial charge in [-0.05, 0) is 12.5 Å². The Morgan fingerprint density at radius 2 is 2.00 bits per heavy atom. The van der Waals surface area contributed by atoms with Crippen LogP contribution in [0.3, 0.4) is 0 Å². The number of aryl methyl sites for hydroxylation is 1. The van der Waals surface area contributed by atoms with Crippen LogP contribution in [0.1, 0.15) is 16.8 Å². The van der Waals surface area contributed by atoms with E-state index in [0.29, 0.717) is 18.3 Å². The van der Waals surface area contributed by atoms with Gasteiger partial charge in [0.15, 0.2) is 0 Å². The van der Waals surface area contributed by atoms with Crippen molar-refractivity contribution in [3.63, 3.8) is 0 Å². The smallest absolute Gasteiger partial charge is 0.127 e. The molecule has 1 aromatic heterocycles. The number of nitrogens with zero attached hydrogens (tertiary/aromatic N) is 2. The lowest BCUT2D eigenvalue weighted by atomic mass is 10.1. The predicted octanol–water partition coefficient (Wildman–Crippen LogP) is 3.04. The summed E-state index contributed by atoms with van der Waals surface area (Å²) in [6.07, 6.45) is 0. The summed E-state index contributed by atoms with van der Waals surface area (Å²) in [4.78, 5) is 0. The average Bonchev–Trinajstić information content (AvgIpc) is 2.63. The molecule has 0 atom stereocenters. The fraction of sp³-hybridized carbons (Fsp3) is 0.308. The van der Waals surface area contributed by atoms with Crippen LogP contribution in [0.5, 0.6) is 0 Å². The number of ether oxygens (including phenoxy) is 1. The molecule has 0 aliphatic rings. The lowest BCUT2D eigenvalue weighted by molar-refractivity contribution is 0.181. The molecule has 3 nitrogen and oxygen atoms in total. The Labute approximate surface area is 106 Å². The van der Waals surface area contributed by atoms with E-state index in [2.05, 4.69) is 36.3 Å². The van der Waals surface area contributed by atoms with Crippen molar-refractivity contribution in [1.29, 1.82) is 0 Å². The molecule has 4 heteroatoms. The van der Waals surface area contributed by atoms with E-state index >= 15 is 0 Å². The molecule has 0 aliphatic heterocycles. The van der Waals surface area contributed by atoms with E-state index in [1.165, 1.54) is 11.1 Å². The van der Waals surface area contributed by atoms with Crippen molar-refractivity contribution in [3.8, 4) is 0 Å². The van der Waals surface area contributed by atoms with Gasteiger partial charge in [0.2, 0.25) is 0 Å². The van der Waals surface area contributed by atoms with E-state index in [9.17, 15) is 0 Å². The number of rotatable bonds is 4. The Morgan fingerprint density at radius 3 is 2.65 bits per heavy atom. The van der Waals surface area contributed by atoms with Crippen LogP contribution in [0.4, 0.5) is 0 Å². The Balaban J connectivity index is 2.15. The van der Waals surface area contributed by atoms with Crippen LogP contribution >= 0.6 is 11.6 Å². The molecule has 0 amide bonds. The molecule has 17 heavy (non-hydrogen) atoms. The van der Waals surface area contributed by atoms with Crippen LogP contribution in [0.25, 0.3) is 0 Å². The molecule has 0 N–H and O–H groups in total. The summed E-state index contributed by atoms with van der Waals surface area (Å²) in [7, 11) is 1.65. The van der Waals surface area contributed by atoms with E-state index in [0.717, 1.165) is 5.69 Å². The van der Waals surface area contributed by atoms with Crippen molar-refractivity contribution in [3.05, 3.63) is 52.3 Å². The van der Waals surface area contributed by atoms with E-state index in [-0.39, 0.29) is 0 Å². The minimum absolute atomic E-state index is 0.487. The normalized spacial score (nSPS) is 10.8. The third kappa shape index (κ3) is 3.08. The Kier molecular flexibility index (Phi) is 3.82. The van der Waals surface area contributed by atoms with Crippen molar-refractivity contribution in [2.75, 3.05) is 7.11 Å². The minimum Gasteiger partial charge on any atom is -0.378 e. The summed E-state index contributed by atoms with van der Waals surface area (Å²) in [5.74, 6) is 0. The van der Waals surface area contributed by atoms with Gasteiger partial charge in [-0.15, -0.1) is 0 Å². The fourth-order valence-electron chi connectivity index (χ4n) is 1.64. The minimum atomic E-state index is 0.487. The number of aromatic nitrogens is 2. The van der Waals surface area contributed by atoms with Gasteiger partial charge in [0.1, 0.15) is 5.15 Å². The van der Waals surface area contributed by atoms with Gasteiger partial charge in [-0.3, -0.25) is 0 Å². The summed E-state index contributed by atoms with van der Waals surface area (Å²) in [5.41, 5.74) is 3.29. The van der Waals surface area contributed by atoms with Crippen LogP contribution in [-0.4, -0.2) is 16.9 Å². The summed E-state index contributed by atoms with van der Waals surface area (Å²) in [5, 5.41) is 5.01. The second-order valence-electron chi connectivity index (χ2n) is 4.03. The molecule has 0 radical (unpaired) electrons. The van der Waals surface area contributed by atoms with Gasteiger partial charge in [0.25, 0.3) is 0 Å². The molecular formula is C13H15ClN2O. The zero-order valence-electron chi connectivity index (χ0n) is 9.98. The highest BCUT2D eigenvalue weighted by Gasteiger charge is 2.06. The lowest BCUT2D eigenvalue weighted by Gasteiger charge is -2.03. The highest BCUT2D eigenvalue weighted by atomic mass is 35.5. The number of halogens is 1. The maximum absolute atomic E-state index is 6.11. The molecule has 0 saturated heterocycles. The summed E-state index contributed by atoms with van der Waals surface area (Å²) in [6, 6.07) is 10.2. The maximum Gasteiger partial charge on any atom is 0.127 e. The van der Waals surface area contributed by atoms with Gasteiger partial charge in [-0.1, -0.05) is 41.4 Å². The van der Waals surface area contributed by atoms with Crippen molar-refractivity contribution in [2.24, 2.45) is 0 Å². The van der Waals surface area contributed by atoms with E-state index in [1.54, 1.807) is 11.8 Å². The molecule has 0 bridgehead atoms. The maximum atomic E-state index is 6.11. The van der Waals surface area contributed by atoms with Crippen LogP contribution in [0.2, 0.25) is 5.15 Å². The van der Waals surface area contributed by atoms with Gasteiger partial charge in [0, 0.05) is 13.2 Å². The van der Waals surface area contributed by atoms with Crippen LogP contribution in [0, 0.1) is 6.92 Å². The summed E-state index contributed by atoms with van der Waals surface area (Å²) < 4.78 is 6.81. The molecule has 1 aromatic carbocycles. The zero-order valence-corrected chi connectivity index (χ0v) is 10.7. The molecule has 0 aliphatic carbocycles. The first-order valence-electron chi connectivity index (χ1n) is 5.46. The zero-order chi connectivity index (χ0) is 12.3. The SMILES string of the molecule is COCc1cc(Cl)n(Cc2ccc(C)cc2)n1. The molecule has 90 valence electrons. The first kappa shape index (κ1) is 12.1. The molecule has 0 fully saturated rings. The third-order valence-corrected chi connectivity index (χ3v) is 2.83. The summed E-state index contributed by atoms with van der Waals surface area (Å²) in [6.45, 7) is 3.24. The molecule has 1 heterocycles. The van der Waals surface area contributed by atoms with Crippen LogP contribution < -0.4 is 0 Å². The van der Waals surface area contributed by atoms with Crippen molar-refractivity contribution >= 4 is 11.6 Å². The Morgan fingerprint density at radius 1 is 1.29 bits per heavy atom. The van der Waals surface area contributed by atoms with Crippen molar-refractivity contribution < 1.29 is 4.74 Å². The largest absolute Gasteiger partial charge is 0.378 e. The van der Waals surface area contributed by atoms with Gasteiger partial charge in [-0.2, -0.15) is 5.10 Å². The summed E-state index contributed by atoms with van der Waals surface area (Å²) >= 11 is 6.11. The number of hydrogen-bond acceptors (Lipinski definition) is 2. The van der Waals surface area contributed by atoms with Gasteiger partial charge in [-0.25, -0.2) is 4.68 Å². The van der Waals surface area contributed by atoms with Gasteiger partial charge in [0.05, 0.1) is 18.8 Å². The van der Waals surface area contributed by atoms with Crippen molar-refractivity contribution in [1.82, 2.24) is 9.78 Å². The lowest BCUT2D eigenvalue weighted by Crippen LogP contribution is -2.02. The van der Waals surface area contributed by atoms with Crippen LogP contribution in [-0.2, 0) is 17.9 Å². The Bertz CT molecular complexity index is 491. The second kappa shape index (κ2) is 5.34. The first-order chi connectivity index (χ1) is 8.19. The Hall–Kier alpha value is -1.32. The van der Waals surface area contributed by atoms with Gasteiger partial charge < -0.3 is 4.74 Å². The van der Waals surface area contributed by atoms with Crippen LogP contribution in [0.15, 0.2) is 30.3 Å². The highest BCUT2D eigenvalue weighted by Crippen LogP contribution is 2.14. The quantitative estimate of drug-likeness (QED) is 0.834. The molecule has 0 saturated carbocycles. The van der Waals surface area contributed by atoms with Gasteiger partial charge >= 0.3 is 0 Å². The number of methoxy groups -OCH3 is 1. The first-order valence-corrected chi connectivity index (χ1v) is 5.83. The van der Waals surface area contributed by atoms with E-state index < -0.39 is 0 Å². The molecule has 0 spiro atoms. The predicted molar refractivity (Wildman–Crippen MR) is 68.2 cm³/mol. The fourth-order valence-corrected chi connectivity index (χ4v) is 1.86. The average molecular weight is 251 g/mol. The molecular weight excluding hydrogens is 236 g/mol. The topological polar surface area (TPSA) is 27.1 Å². The van der Waals surface area contributed by atoms with Crippen molar-refractivity contribution in [2.45, 2.75) is 20.1 Å². The number of hydrogen-bond donors (Lipinski definition) is 0. The molecule has 0 unspecified atom stereocenters. The number of benzene rings is 1. The second-order valence-corrected chi connectivity index (χ2v) is 4.42. The highest BCUT2D eigenvalue weighted by molar-refractivity contribution is 6.29. The molecule has 2 aromatic rings. The standard InChI is InChI=1S/C13H15ClN2O/c1-10-3-5-11(6-4-10)8-16-13(14)7-12(15-16)9-17-2/h3-7H,8-9H2,1-2H3. The van der Waals surface area contributed by atoms with E-state index in [1.807, 2.05) is 6.07 Å². The third-order valence-electron chi connectivity index (χ3n) is 2.53. The van der Waals surface area contributed by atoms with E-state index in [4.69, 9.17) is 16.3 Å².